The highest BCUT2D eigenvalue weighted by atomic mass is 15.2. The van der Waals surface area contributed by atoms with Crippen molar-refractivity contribution in [2.24, 2.45) is 0 Å². The van der Waals surface area contributed by atoms with Crippen LogP contribution in [0.1, 0.15) is 79.1 Å². The molecule has 0 amide bonds. The average molecular weight is 469 g/mol. The lowest BCUT2D eigenvalue weighted by atomic mass is 9.87. The van der Waals surface area contributed by atoms with Gasteiger partial charge in [0.2, 0.25) is 0 Å². The second kappa shape index (κ2) is 10.5. The Hall–Kier alpha value is -2.72. The van der Waals surface area contributed by atoms with Gasteiger partial charge in [0.15, 0.2) is 5.82 Å². The van der Waals surface area contributed by atoms with Crippen LogP contribution in [-0.2, 0) is 25.8 Å². The summed E-state index contributed by atoms with van der Waals surface area (Å²) in [5, 5.41) is 0. The Kier molecular flexibility index (Phi) is 7.19. The van der Waals surface area contributed by atoms with Crippen LogP contribution in [0.5, 0.6) is 0 Å². The van der Waals surface area contributed by atoms with Crippen molar-refractivity contribution in [2.45, 2.75) is 78.3 Å². The van der Waals surface area contributed by atoms with Crippen LogP contribution in [0.2, 0.25) is 0 Å². The summed E-state index contributed by atoms with van der Waals surface area (Å²) in [5.41, 5.74) is 9.39. The standard InChI is InChI=1S/C31H40N4/c1-5-23-14-11-15-24(6-2)29(23)30-32-22(3)27(31(33-30)35-19-9-10-20-35)21-34(4)28-18-12-16-25-13-7-8-17-26(25)28/h7-8,11,13-15,17,28H,5-6,9-10,12,16,18-21H2,1-4H3. The van der Waals surface area contributed by atoms with Gasteiger partial charge in [-0.3, -0.25) is 4.90 Å². The molecule has 2 heterocycles. The summed E-state index contributed by atoms with van der Waals surface area (Å²) in [7, 11) is 2.29. The molecule has 1 aliphatic carbocycles. The van der Waals surface area contributed by atoms with Crippen LogP contribution < -0.4 is 4.90 Å². The van der Waals surface area contributed by atoms with E-state index >= 15 is 0 Å². The lowest BCUT2D eigenvalue weighted by molar-refractivity contribution is 0.212. The minimum absolute atomic E-state index is 0.456. The molecule has 0 saturated carbocycles. The van der Waals surface area contributed by atoms with Crippen molar-refractivity contribution in [2.75, 3.05) is 25.0 Å². The molecular weight excluding hydrogens is 428 g/mol. The topological polar surface area (TPSA) is 32.3 Å². The smallest absolute Gasteiger partial charge is 0.162 e. The van der Waals surface area contributed by atoms with Gasteiger partial charge >= 0.3 is 0 Å². The molecule has 1 fully saturated rings. The van der Waals surface area contributed by atoms with Crippen LogP contribution >= 0.6 is 0 Å². The molecule has 1 unspecified atom stereocenters. The van der Waals surface area contributed by atoms with E-state index in [1.165, 1.54) is 65.5 Å². The van der Waals surface area contributed by atoms with E-state index in [1.807, 2.05) is 0 Å². The van der Waals surface area contributed by atoms with Crippen molar-refractivity contribution in [1.29, 1.82) is 0 Å². The van der Waals surface area contributed by atoms with E-state index in [2.05, 4.69) is 80.1 Å². The fourth-order valence-electron chi connectivity index (χ4n) is 6.14. The molecule has 1 atom stereocenters. The summed E-state index contributed by atoms with van der Waals surface area (Å²) in [6.07, 6.45) is 8.16. The van der Waals surface area contributed by atoms with Crippen molar-refractivity contribution in [3.8, 4) is 11.4 Å². The lowest BCUT2D eigenvalue weighted by Crippen LogP contribution is -2.30. The number of benzene rings is 2. The predicted molar refractivity (Wildman–Crippen MR) is 146 cm³/mol. The zero-order valence-corrected chi connectivity index (χ0v) is 22.0. The summed E-state index contributed by atoms with van der Waals surface area (Å²) >= 11 is 0. The van der Waals surface area contributed by atoms with Crippen molar-refractivity contribution >= 4 is 5.82 Å². The number of anilines is 1. The molecule has 2 aliphatic rings. The van der Waals surface area contributed by atoms with Crippen LogP contribution in [0.4, 0.5) is 5.82 Å². The van der Waals surface area contributed by atoms with Crippen LogP contribution in [0, 0.1) is 6.92 Å². The predicted octanol–water partition coefficient (Wildman–Crippen LogP) is 6.69. The monoisotopic (exact) mass is 468 g/mol. The first kappa shape index (κ1) is 24.0. The Labute approximate surface area is 211 Å². The van der Waals surface area contributed by atoms with E-state index in [9.17, 15) is 0 Å². The van der Waals surface area contributed by atoms with Gasteiger partial charge in [0.25, 0.3) is 0 Å². The number of nitrogens with zero attached hydrogens (tertiary/aromatic N) is 4. The summed E-state index contributed by atoms with van der Waals surface area (Å²) in [4.78, 5) is 15.6. The SMILES string of the molecule is CCc1cccc(CC)c1-c1nc(C)c(CN(C)C2CCCc3ccccc32)c(N2CCCC2)n1. The van der Waals surface area contributed by atoms with Crippen molar-refractivity contribution < 1.29 is 0 Å². The first-order chi connectivity index (χ1) is 17.1. The zero-order chi connectivity index (χ0) is 24.4. The molecule has 4 heteroatoms. The van der Waals surface area contributed by atoms with Crippen molar-refractivity contribution in [3.05, 3.63) is 76.0 Å². The van der Waals surface area contributed by atoms with Gasteiger partial charge in [0, 0.05) is 42.5 Å². The Balaban J connectivity index is 1.55. The molecule has 1 aliphatic heterocycles. The van der Waals surface area contributed by atoms with E-state index in [4.69, 9.17) is 9.97 Å². The first-order valence-corrected chi connectivity index (χ1v) is 13.6. The Morgan fingerprint density at radius 3 is 2.34 bits per heavy atom. The van der Waals surface area contributed by atoms with Gasteiger partial charge in [-0.05, 0) is 81.2 Å². The minimum atomic E-state index is 0.456. The molecule has 0 spiro atoms. The third-order valence-electron chi connectivity index (χ3n) is 8.10. The summed E-state index contributed by atoms with van der Waals surface area (Å²) in [6, 6.07) is 16.1. The van der Waals surface area contributed by atoms with Crippen LogP contribution in [0.15, 0.2) is 42.5 Å². The fraction of sp³-hybridized carbons (Fsp3) is 0.484. The number of rotatable bonds is 7. The molecule has 0 N–H and O–H groups in total. The molecule has 0 radical (unpaired) electrons. The first-order valence-electron chi connectivity index (χ1n) is 13.6. The third-order valence-corrected chi connectivity index (χ3v) is 8.10. The third kappa shape index (κ3) is 4.73. The molecule has 5 rings (SSSR count). The summed E-state index contributed by atoms with van der Waals surface area (Å²) < 4.78 is 0. The molecule has 1 aromatic heterocycles. The summed E-state index contributed by atoms with van der Waals surface area (Å²) in [6.45, 7) is 9.73. The van der Waals surface area contributed by atoms with Gasteiger partial charge in [-0.15, -0.1) is 0 Å². The maximum absolute atomic E-state index is 5.33. The maximum Gasteiger partial charge on any atom is 0.162 e. The average Bonchev–Trinajstić information content (AvgIpc) is 3.43. The number of aromatic nitrogens is 2. The molecule has 35 heavy (non-hydrogen) atoms. The second-order valence-electron chi connectivity index (χ2n) is 10.3. The highest BCUT2D eigenvalue weighted by Crippen LogP contribution is 2.37. The van der Waals surface area contributed by atoms with E-state index in [1.54, 1.807) is 0 Å². The number of hydrogen-bond acceptors (Lipinski definition) is 4. The van der Waals surface area contributed by atoms with Crippen LogP contribution in [-0.4, -0.2) is 35.0 Å². The van der Waals surface area contributed by atoms with Gasteiger partial charge in [0.1, 0.15) is 5.82 Å². The molecule has 1 saturated heterocycles. The minimum Gasteiger partial charge on any atom is -0.356 e. The highest BCUT2D eigenvalue weighted by Gasteiger charge is 2.27. The quantitative estimate of drug-likeness (QED) is 0.387. The van der Waals surface area contributed by atoms with Gasteiger partial charge < -0.3 is 4.90 Å². The van der Waals surface area contributed by atoms with Crippen LogP contribution in [0.3, 0.4) is 0 Å². The molecule has 2 aromatic carbocycles. The largest absolute Gasteiger partial charge is 0.356 e. The molecular formula is C31H40N4. The molecule has 3 aromatic rings. The van der Waals surface area contributed by atoms with E-state index in [-0.39, 0.29) is 0 Å². The van der Waals surface area contributed by atoms with Crippen molar-refractivity contribution in [3.63, 3.8) is 0 Å². The number of aryl methyl sites for hydroxylation is 4. The van der Waals surface area contributed by atoms with E-state index in [0.29, 0.717) is 6.04 Å². The second-order valence-corrected chi connectivity index (χ2v) is 10.3. The van der Waals surface area contributed by atoms with E-state index in [0.717, 1.165) is 49.8 Å². The van der Waals surface area contributed by atoms with Gasteiger partial charge in [0.05, 0.1) is 0 Å². The van der Waals surface area contributed by atoms with Crippen LogP contribution in [0.25, 0.3) is 11.4 Å². The Morgan fingerprint density at radius 2 is 1.63 bits per heavy atom. The fourth-order valence-corrected chi connectivity index (χ4v) is 6.14. The van der Waals surface area contributed by atoms with Gasteiger partial charge in [-0.2, -0.15) is 0 Å². The van der Waals surface area contributed by atoms with Gasteiger partial charge in [-0.25, -0.2) is 9.97 Å². The van der Waals surface area contributed by atoms with Gasteiger partial charge in [-0.1, -0.05) is 56.3 Å². The normalized spacial score (nSPS) is 17.7. The Morgan fingerprint density at radius 1 is 0.914 bits per heavy atom. The maximum atomic E-state index is 5.33. The van der Waals surface area contributed by atoms with Crippen molar-refractivity contribution in [1.82, 2.24) is 14.9 Å². The molecule has 4 nitrogen and oxygen atoms in total. The molecule has 0 bridgehead atoms. The zero-order valence-electron chi connectivity index (χ0n) is 22.0. The Bertz CT molecular complexity index is 1160. The lowest BCUT2D eigenvalue weighted by Gasteiger charge is -2.34. The highest BCUT2D eigenvalue weighted by molar-refractivity contribution is 5.68. The molecule has 184 valence electrons. The van der Waals surface area contributed by atoms with E-state index < -0.39 is 0 Å². The number of hydrogen-bond donors (Lipinski definition) is 0. The summed E-state index contributed by atoms with van der Waals surface area (Å²) in [5.74, 6) is 2.07. The number of fused-ring (bicyclic) bond motifs is 1.